The van der Waals surface area contributed by atoms with Crippen LogP contribution < -0.4 is 5.32 Å². The Hall–Kier alpha value is -2.37. The fraction of sp³-hybridized carbons (Fsp3) is 0.182. The number of H-pyrrole nitrogens is 2. The molecule has 0 fully saturated rings. The van der Waals surface area contributed by atoms with Crippen LogP contribution in [0.25, 0.3) is 11.0 Å². The average molecular weight is 228 g/mol. The van der Waals surface area contributed by atoms with Gasteiger partial charge in [-0.25, -0.2) is 0 Å². The van der Waals surface area contributed by atoms with Crippen molar-refractivity contribution in [3.8, 4) is 0 Å². The van der Waals surface area contributed by atoms with Crippen LogP contribution in [0.4, 0.5) is 5.69 Å². The molecule has 17 heavy (non-hydrogen) atoms. The van der Waals surface area contributed by atoms with Gasteiger partial charge < -0.3 is 5.32 Å². The zero-order chi connectivity index (χ0) is 11.7. The summed E-state index contributed by atoms with van der Waals surface area (Å²) in [6, 6.07) is 3.93. The van der Waals surface area contributed by atoms with Crippen molar-refractivity contribution < 1.29 is 0 Å². The highest BCUT2D eigenvalue weighted by molar-refractivity contribution is 5.86. The van der Waals surface area contributed by atoms with Crippen molar-refractivity contribution in [1.82, 2.24) is 25.4 Å². The highest BCUT2D eigenvalue weighted by Gasteiger charge is 2.04. The quantitative estimate of drug-likeness (QED) is 0.636. The monoisotopic (exact) mass is 228 g/mol. The van der Waals surface area contributed by atoms with E-state index < -0.39 is 0 Å². The van der Waals surface area contributed by atoms with Crippen LogP contribution in [-0.4, -0.2) is 25.4 Å². The second kappa shape index (κ2) is 3.89. The molecule has 86 valence electrons. The molecule has 3 N–H and O–H groups in total. The number of fused-ring (bicyclic) bond motifs is 1. The molecule has 0 saturated carbocycles. The largest absolute Gasteiger partial charge is 0.377 e. The number of aryl methyl sites for hydroxylation is 1. The number of hydrogen-bond acceptors (Lipinski definition) is 4. The summed E-state index contributed by atoms with van der Waals surface area (Å²) in [5.41, 5.74) is 4.79. The second-order valence-corrected chi connectivity index (χ2v) is 3.88. The van der Waals surface area contributed by atoms with E-state index in [4.69, 9.17) is 0 Å². The Balaban J connectivity index is 1.83. The highest BCUT2D eigenvalue weighted by Crippen LogP contribution is 2.18. The molecule has 0 atom stereocenters. The normalized spacial score (nSPS) is 10.9. The molecule has 6 nitrogen and oxygen atoms in total. The minimum Gasteiger partial charge on any atom is -0.377 e. The third-order valence-corrected chi connectivity index (χ3v) is 2.56. The van der Waals surface area contributed by atoms with Gasteiger partial charge in [-0.2, -0.15) is 10.2 Å². The van der Waals surface area contributed by atoms with E-state index in [9.17, 15) is 0 Å². The molecule has 3 rings (SSSR count). The summed E-state index contributed by atoms with van der Waals surface area (Å²) < 4.78 is 0. The minimum atomic E-state index is 0.669. The first-order valence-corrected chi connectivity index (χ1v) is 5.36. The fourth-order valence-corrected chi connectivity index (χ4v) is 1.75. The second-order valence-electron chi connectivity index (χ2n) is 3.88. The first-order chi connectivity index (χ1) is 8.33. The highest BCUT2D eigenvalue weighted by atomic mass is 15.1. The van der Waals surface area contributed by atoms with Crippen molar-refractivity contribution in [2.45, 2.75) is 13.5 Å². The van der Waals surface area contributed by atoms with Gasteiger partial charge in [-0.15, -0.1) is 0 Å². The summed E-state index contributed by atoms with van der Waals surface area (Å²) in [5, 5.41) is 17.3. The van der Waals surface area contributed by atoms with Crippen LogP contribution >= 0.6 is 0 Å². The molecule has 0 saturated heterocycles. The Morgan fingerprint density at radius 2 is 2.29 bits per heavy atom. The lowest BCUT2D eigenvalue weighted by Gasteiger charge is -2.04. The van der Waals surface area contributed by atoms with Crippen molar-refractivity contribution >= 4 is 16.7 Å². The van der Waals surface area contributed by atoms with Crippen molar-refractivity contribution in [2.75, 3.05) is 5.32 Å². The van der Waals surface area contributed by atoms with Gasteiger partial charge in [0.2, 0.25) is 0 Å². The molecule has 0 amide bonds. The summed E-state index contributed by atoms with van der Waals surface area (Å²) >= 11 is 0. The number of anilines is 1. The lowest BCUT2D eigenvalue weighted by atomic mass is 10.3. The maximum Gasteiger partial charge on any atom is 0.110 e. The molecule has 6 heteroatoms. The zero-order valence-electron chi connectivity index (χ0n) is 9.36. The van der Waals surface area contributed by atoms with Crippen LogP contribution in [0.1, 0.15) is 11.4 Å². The molecule has 0 aliphatic carbocycles. The van der Waals surface area contributed by atoms with Gasteiger partial charge in [0, 0.05) is 11.9 Å². The fourth-order valence-electron chi connectivity index (χ4n) is 1.75. The van der Waals surface area contributed by atoms with E-state index in [1.54, 1.807) is 12.4 Å². The molecule has 0 bridgehead atoms. The van der Waals surface area contributed by atoms with Crippen molar-refractivity contribution in [3.63, 3.8) is 0 Å². The number of aromatic nitrogens is 5. The van der Waals surface area contributed by atoms with E-state index in [0.29, 0.717) is 6.54 Å². The average Bonchev–Trinajstić information content (AvgIpc) is 2.94. The maximum absolute atomic E-state index is 4.21. The summed E-state index contributed by atoms with van der Waals surface area (Å²) in [5.74, 6) is 0. The number of rotatable bonds is 3. The Morgan fingerprint density at radius 1 is 1.35 bits per heavy atom. The molecular weight excluding hydrogens is 216 g/mol. The van der Waals surface area contributed by atoms with Crippen LogP contribution in [-0.2, 0) is 6.54 Å². The molecule has 3 aromatic rings. The molecule has 0 radical (unpaired) electrons. The molecule has 0 aromatic carbocycles. The Labute approximate surface area is 97.5 Å². The number of hydrogen-bond donors (Lipinski definition) is 3. The van der Waals surface area contributed by atoms with Crippen molar-refractivity contribution in [3.05, 3.63) is 35.9 Å². The van der Waals surface area contributed by atoms with Gasteiger partial charge in [-0.1, -0.05) is 0 Å². The Morgan fingerprint density at radius 3 is 3.12 bits per heavy atom. The van der Waals surface area contributed by atoms with Crippen molar-refractivity contribution in [2.24, 2.45) is 0 Å². The van der Waals surface area contributed by atoms with E-state index in [2.05, 4.69) is 30.7 Å². The third-order valence-electron chi connectivity index (χ3n) is 2.56. The Bertz CT molecular complexity index is 638. The molecule has 0 spiro atoms. The summed E-state index contributed by atoms with van der Waals surface area (Å²) in [6.07, 6.45) is 3.47. The van der Waals surface area contributed by atoms with Gasteiger partial charge in [0.25, 0.3) is 0 Å². The van der Waals surface area contributed by atoms with Crippen LogP contribution in [0, 0.1) is 6.92 Å². The van der Waals surface area contributed by atoms with Gasteiger partial charge in [-0.05, 0) is 19.1 Å². The zero-order valence-corrected chi connectivity index (χ0v) is 9.36. The first kappa shape index (κ1) is 9.83. The van der Waals surface area contributed by atoms with E-state index in [-0.39, 0.29) is 0 Å². The number of nitrogens with zero attached hydrogens (tertiary/aromatic N) is 3. The molecule has 0 aliphatic rings. The molecule has 3 heterocycles. The topological polar surface area (TPSA) is 82.3 Å². The van der Waals surface area contributed by atoms with Gasteiger partial charge in [-0.3, -0.25) is 15.2 Å². The number of aromatic amines is 2. The van der Waals surface area contributed by atoms with Crippen LogP contribution in [0.15, 0.2) is 24.5 Å². The summed E-state index contributed by atoms with van der Waals surface area (Å²) in [7, 11) is 0. The SMILES string of the molecule is Cc1cc(CNc2ccnc3cn[nH]c23)n[nH]1. The molecule has 3 aromatic heterocycles. The lowest BCUT2D eigenvalue weighted by Crippen LogP contribution is -2.00. The van der Waals surface area contributed by atoms with Gasteiger partial charge >= 0.3 is 0 Å². The van der Waals surface area contributed by atoms with Crippen molar-refractivity contribution in [1.29, 1.82) is 0 Å². The third kappa shape index (κ3) is 1.84. The first-order valence-electron chi connectivity index (χ1n) is 5.36. The summed E-state index contributed by atoms with van der Waals surface area (Å²) in [4.78, 5) is 4.21. The van der Waals surface area contributed by atoms with E-state index in [1.165, 1.54) is 0 Å². The van der Waals surface area contributed by atoms with E-state index >= 15 is 0 Å². The van der Waals surface area contributed by atoms with Gasteiger partial charge in [0.15, 0.2) is 0 Å². The van der Waals surface area contributed by atoms with Crippen LogP contribution in [0.5, 0.6) is 0 Å². The maximum atomic E-state index is 4.21. The van der Waals surface area contributed by atoms with Crippen LogP contribution in [0.2, 0.25) is 0 Å². The van der Waals surface area contributed by atoms with Gasteiger partial charge in [0.1, 0.15) is 11.0 Å². The smallest absolute Gasteiger partial charge is 0.110 e. The predicted molar refractivity (Wildman–Crippen MR) is 64.5 cm³/mol. The van der Waals surface area contributed by atoms with E-state index in [1.807, 2.05) is 19.1 Å². The van der Waals surface area contributed by atoms with Gasteiger partial charge in [0.05, 0.1) is 24.1 Å². The number of nitrogens with one attached hydrogen (secondary N) is 3. The Kier molecular flexibility index (Phi) is 2.25. The van der Waals surface area contributed by atoms with E-state index in [0.717, 1.165) is 28.1 Å². The number of pyridine rings is 1. The molecule has 0 aliphatic heterocycles. The van der Waals surface area contributed by atoms with Crippen LogP contribution in [0.3, 0.4) is 0 Å². The lowest BCUT2D eigenvalue weighted by molar-refractivity contribution is 0.968. The predicted octanol–water partition coefficient (Wildman–Crippen LogP) is 1.60. The molecule has 0 unspecified atom stereocenters. The summed E-state index contributed by atoms with van der Waals surface area (Å²) in [6.45, 7) is 2.65. The minimum absolute atomic E-state index is 0.669. The standard InChI is InChI=1S/C11H12N6/c1-7-4-8(16-15-7)5-13-9-2-3-12-10-6-14-17-11(9)10/h2-4,6H,5H2,1H3,(H,12,13)(H,14,17)(H,15,16). The molecular formula is C11H12N6.